The Morgan fingerprint density at radius 3 is 2.25 bits per heavy atom. The van der Waals surface area contributed by atoms with Crippen LogP contribution in [-0.4, -0.2) is 52.4 Å². The number of fused-ring (bicyclic) bond motifs is 1. The van der Waals surface area contributed by atoms with Crippen molar-refractivity contribution in [2.45, 2.75) is 64.6 Å². The van der Waals surface area contributed by atoms with Gasteiger partial charge in [0, 0.05) is 35.1 Å². The molecule has 0 bridgehead atoms. The summed E-state index contributed by atoms with van der Waals surface area (Å²) in [5, 5.41) is 11.2. The topological polar surface area (TPSA) is 122 Å². The molecule has 2 unspecified atom stereocenters. The van der Waals surface area contributed by atoms with Gasteiger partial charge in [0.1, 0.15) is 30.8 Å². The third-order valence-corrected chi connectivity index (χ3v) is 6.94. The molecule has 0 saturated heterocycles. The Balaban J connectivity index is 1.70. The first-order chi connectivity index (χ1) is 18.3. The van der Waals surface area contributed by atoms with E-state index in [2.05, 4.69) is 4.74 Å². The Hall–Kier alpha value is -3.28. The van der Waals surface area contributed by atoms with E-state index in [0.717, 1.165) is 5.39 Å². The Labute approximate surface area is 232 Å². The first-order valence-electron chi connectivity index (χ1n) is 12.8. The first kappa shape index (κ1) is 31.3. The second-order valence-electron chi connectivity index (χ2n) is 11.6. The molecule has 8 nitrogen and oxygen atoms in total. The lowest BCUT2D eigenvalue weighted by atomic mass is 9.67. The number of hydrogen-bond acceptors (Lipinski definition) is 7. The zero-order valence-electron chi connectivity index (χ0n) is 23.6. The van der Waals surface area contributed by atoms with Gasteiger partial charge in [-0.3, -0.25) is 4.79 Å². The number of hydrogen-bond donors (Lipinski definition) is 3. The van der Waals surface area contributed by atoms with Gasteiger partial charge in [-0.2, -0.15) is 0 Å². The third kappa shape index (κ3) is 7.47. The zero-order chi connectivity index (χ0) is 30.1. The van der Waals surface area contributed by atoms with Crippen LogP contribution in [0.15, 0.2) is 48.5 Å². The largest absolute Gasteiger partial charge is 0.573 e. The highest BCUT2D eigenvalue weighted by molar-refractivity contribution is 5.89. The number of nitrogens with two attached hydrogens (primary N) is 2. The van der Waals surface area contributed by atoms with Crippen molar-refractivity contribution in [3.63, 3.8) is 0 Å². The van der Waals surface area contributed by atoms with Crippen LogP contribution in [0, 0.1) is 5.41 Å². The van der Waals surface area contributed by atoms with Crippen molar-refractivity contribution in [1.82, 2.24) is 4.57 Å². The maximum absolute atomic E-state index is 13.0. The molecule has 220 valence electrons. The lowest BCUT2D eigenvalue weighted by Crippen LogP contribution is -2.58. The molecule has 0 saturated carbocycles. The molecule has 0 aliphatic heterocycles. The van der Waals surface area contributed by atoms with E-state index in [1.54, 1.807) is 82.6 Å². The normalized spacial score (nSPS) is 15.0. The van der Waals surface area contributed by atoms with Gasteiger partial charge < -0.3 is 35.4 Å². The van der Waals surface area contributed by atoms with E-state index in [1.165, 1.54) is 12.1 Å². The summed E-state index contributed by atoms with van der Waals surface area (Å²) in [6, 6.07) is 12.8. The van der Waals surface area contributed by atoms with Crippen molar-refractivity contribution in [3.8, 4) is 22.8 Å². The number of ether oxygens (including phenoxy) is 3. The number of halogens is 3. The van der Waals surface area contributed by atoms with Crippen LogP contribution in [0.25, 0.3) is 22.2 Å². The summed E-state index contributed by atoms with van der Waals surface area (Å²) in [6.07, 6.45) is -5.66. The van der Waals surface area contributed by atoms with E-state index >= 15 is 0 Å². The van der Waals surface area contributed by atoms with Crippen LogP contribution in [0.2, 0.25) is 0 Å². The van der Waals surface area contributed by atoms with Gasteiger partial charge in [-0.15, -0.1) is 13.2 Å². The van der Waals surface area contributed by atoms with Gasteiger partial charge in [-0.1, -0.05) is 12.1 Å². The SMILES string of the molecule is Cn1c(-c2ccccc2OC(F)(F)F)cc2ccc(OCC(O)COC(=O)C(C)(CC(C)(C)N)C(C)(C)N)cc21. The molecule has 0 radical (unpaired) electrons. The number of carbonyl (C=O) groups excluding carboxylic acids is 1. The summed E-state index contributed by atoms with van der Waals surface area (Å²) in [4.78, 5) is 13.0. The van der Waals surface area contributed by atoms with Gasteiger partial charge in [-0.05, 0) is 71.4 Å². The lowest BCUT2D eigenvalue weighted by molar-refractivity contribution is -0.274. The van der Waals surface area contributed by atoms with E-state index in [0.29, 0.717) is 17.0 Å². The Bertz CT molecular complexity index is 1340. The molecule has 11 heteroatoms. The Kier molecular flexibility index (Phi) is 8.83. The van der Waals surface area contributed by atoms with Gasteiger partial charge >= 0.3 is 12.3 Å². The Morgan fingerprint density at radius 2 is 1.65 bits per heavy atom. The number of rotatable bonds is 11. The highest BCUT2D eigenvalue weighted by Gasteiger charge is 2.48. The predicted molar refractivity (Wildman–Crippen MR) is 147 cm³/mol. The molecule has 0 aliphatic carbocycles. The van der Waals surface area contributed by atoms with Gasteiger partial charge in [-0.25, -0.2) is 0 Å². The summed E-state index contributed by atoms with van der Waals surface area (Å²) in [6.45, 7) is 8.29. The third-order valence-electron chi connectivity index (χ3n) is 6.94. The molecular weight excluding hydrogens is 527 g/mol. The highest BCUT2D eigenvalue weighted by Crippen LogP contribution is 2.39. The molecule has 3 aromatic rings. The minimum Gasteiger partial charge on any atom is -0.491 e. The number of nitrogens with zero attached hydrogens (tertiary/aromatic N) is 1. The van der Waals surface area contributed by atoms with Crippen molar-refractivity contribution in [1.29, 1.82) is 0 Å². The molecule has 0 amide bonds. The number of para-hydroxylation sites is 1. The molecule has 2 atom stereocenters. The molecule has 1 aromatic heterocycles. The predicted octanol–water partition coefficient (Wildman–Crippen LogP) is 4.90. The molecule has 0 spiro atoms. The number of aliphatic hydroxyl groups excluding tert-OH is 1. The highest BCUT2D eigenvalue weighted by atomic mass is 19.4. The van der Waals surface area contributed by atoms with Crippen molar-refractivity contribution in [2.24, 2.45) is 23.9 Å². The fourth-order valence-electron chi connectivity index (χ4n) is 4.60. The average Bonchev–Trinajstić information content (AvgIpc) is 3.14. The summed E-state index contributed by atoms with van der Waals surface area (Å²) in [5.41, 5.74) is 11.3. The van der Waals surface area contributed by atoms with Gasteiger partial charge in [0.2, 0.25) is 0 Å². The fourth-order valence-corrected chi connectivity index (χ4v) is 4.60. The van der Waals surface area contributed by atoms with Crippen LogP contribution in [0.5, 0.6) is 11.5 Å². The van der Waals surface area contributed by atoms with Crippen LogP contribution in [0.4, 0.5) is 13.2 Å². The van der Waals surface area contributed by atoms with Gasteiger partial charge in [0.25, 0.3) is 0 Å². The van der Waals surface area contributed by atoms with Crippen LogP contribution < -0.4 is 20.9 Å². The van der Waals surface area contributed by atoms with E-state index < -0.39 is 34.9 Å². The van der Waals surface area contributed by atoms with Gasteiger partial charge in [0.15, 0.2) is 0 Å². The average molecular weight is 566 g/mol. The second kappa shape index (κ2) is 11.3. The van der Waals surface area contributed by atoms with Gasteiger partial charge in [0.05, 0.1) is 16.6 Å². The monoisotopic (exact) mass is 565 g/mol. The summed E-state index contributed by atoms with van der Waals surface area (Å²) < 4.78 is 55.8. The minimum absolute atomic E-state index is 0.163. The quantitative estimate of drug-likeness (QED) is 0.283. The maximum Gasteiger partial charge on any atom is 0.573 e. The van der Waals surface area contributed by atoms with Crippen molar-refractivity contribution in [3.05, 3.63) is 48.5 Å². The molecule has 1 heterocycles. The van der Waals surface area contributed by atoms with E-state index in [4.69, 9.17) is 20.9 Å². The number of aliphatic hydroxyl groups is 1. The number of esters is 1. The number of alkyl halides is 3. The molecule has 3 rings (SSSR count). The summed E-state index contributed by atoms with van der Waals surface area (Å²) in [7, 11) is 1.72. The maximum atomic E-state index is 13.0. The van der Waals surface area contributed by atoms with E-state index in [9.17, 15) is 23.1 Å². The zero-order valence-corrected chi connectivity index (χ0v) is 23.6. The van der Waals surface area contributed by atoms with Crippen LogP contribution >= 0.6 is 0 Å². The molecule has 40 heavy (non-hydrogen) atoms. The smallest absolute Gasteiger partial charge is 0.491 e. The lowest BCUT2D eigenvalue weighted by Gasteiger charge is -2.43. The van der Waals surface area contributed by atoms with E-state index in [-0.39, 0.29) is 30.9 Å². The van der Waals surface area contributed by atoms with Crippen molar-refractivity contribution >= 4 is 16.9 Å². The molecule has 5 N–H and O–H groups in total. The fraction of sp³-hybridized carbons (Fsp3) is 0.483. The standard InChI is InChI=1S/C29H38F3N3O5/c1-26(2,33)17-28(5,27(3,4)34)25(37)39-16-19(36)15-38-20-12-11-18-13-23(35(6)22(18)14-20)21-9-7-8-10-24(21)40-29(30,31)32/h7-14,19,36H,15-17,33-34H2,1-6H3. The molecule has 0 fully saturated rings. The summed E-state index contributed by atoms with van der Waals surface area (Å²) >= 11 is 0. The van der Waals surface area contributed by atoms with Crippen molar-refractivity contribution < 1.29 is 37.3 Å². The number of benzene rings is 2. The van der Waals surface area contributed by atoms with Crippen molar-refractivity contribution in [2.75, 3.05) is 13.2 Å². The Morgan fingerprint density at radius 1 is 1.00 bits per heavy atom. The minimum atomic E-state index is -4.82. The second-order valence-corrected chi connectivity index (χ2v) is 11.6. The number of carbonyl (C=O) groups is 1. The summed E-state index contributed by atoms with van der Waals surface area (Å²) in [5.74, 6) is -0.451. The first-order valence-corrected chi connectivity index (χ1v) is 12.8. The van der Waals surface area contributed by atoms with Crippen LogP contribution in [-0.2, 0) is 16.6 Å². The molecule has 0 aliphatic rings. The van der Waals surface area contributed by atoms with Crippen LogP contribution in [0.1, 0.15) is 41.0 Å². The molecular formula is C29H38F3N3O5. The van der Waals surface area contributed by atoms with Crippen LogP contribution in [0.3, 0.4) is 0 Å². The molecule has 2 aromatic carbocycles. The number of aryl methyl sites for hydroxylation is 1. The number of aromatic nitrogens is 1. The van der Waals surface area contributed by atoms with E-state index in [1.807, 2.05) is 0 Å².